The van der Waals surface area contributed by atoms with Crippen molar-refractivity contribution in [1.82, 2.24) is 0 Å². The maximum Gasteiger partial charge on any atom is 0.0343 e. The van der Waals surface area contributed by atoms with Crippen molar-refractivity contribution < 1.29 is 0 Å². The van der Waals surface area contributed by atoms with Crippen LogP contribution < -0.4 is 11.5 Å². The second-order valence-corrected chi connectivity index (χ2v) is 4.40. The number of benzene rings is 1. The molecule has 0 amide bonds. The van der Waals surface area contributed by atoms with E-state index in [1.54, 1.807) is 0 Å². The topological polar surface area (TPSA) is 52.0 Å². The molecular weight excluding hydrogens is 172 g/mol. The molecule has 1 aliphatic carbocycles. The van der Waals surface area contributed by atoms with Gasteiger partial charge in [-0.2, -0.15) is 0 Å². The number of hydrogen-bond acceptors (Lipinski definition) is 2. The third-order valence-corrected chi connectivity index (χ3v) is 3.01. The summed E-state index contributed by atoms with van der Waals surface area (Å²) >= 11 is 0. The van der Waals surface area contributed by atoms with Crippen molar-refractivity contribution in [3.63, 3.8) is 0 Å². The van der Waals surface area contributed by atoms with E-state index in [2.05, 4.69) is 12.1 Å². The van der Waals surface area contributed by atoms with Crippen molar-refractivity contribution in [3.05, 3.63) is 29.3 Å². The summed E-state index contributed by atoms with van der Waals surface area (Å²) in [5.41, 5.74) is 15.1. The fourth-order valence-corrected chi connectivity index (χ4v) is 1.78. The van der Waals surface area contributed by atoms with Crippen molar-refractivity contribution in [2.45, 2.75) is 32.2 Å². The minimum absolute atomic E-state index is 0.196. The smallest absolute Gasteiger partial charge is 0.0343 e. The molecule has 0 aromatic heterocycles. The third kappa shape index (κ3) is 2.07. The lowest BCUT2D eigenvalue weighted by Gasteiger charge is -2.12. The Balaban J connectivity index is 2.10. The molecule has 1 aromatic rings. The van der Waals surface area contributed by atoms with Gasteiger partial charge in [-0.25, -0.2) is 0 Å². The van der Waals surface area contributed by atoms with Gasteiger partial charge in [-0.05, 0) is 36.5 Å². The predicted molar refractivity (Wildman–Crippen MR) is 59.9 cm³/mol. The van der Waals surface area contributed by atoms with Gasteiger partial charge in [0.1, 0.15) is 0 Å². The molecule has 4 N–H and O–H groups in total. The number of hydrogen-bond donors (Lipinski definition) is 2. The van der Waals surface area contributed by atoms with E-state index in [-0.39, 0.29) is 6.04 Å². The zero-order valence-electron chi connectivity index (χ0n) is 8.66. The predicted octanol–water partition coefficient (Wildman–Crippen LogP) is 2.38. The Morgan fingerprint density at radius 3 is 2.71 bits per heavy atom. The number of anilines is 1. The highest BCUT2D eigenvalue weighted by molar-refractivity contribution is 5.48. The summed E-state index contributed by atoms with van der Waals surface area (Å²) in [6.45, 7) is 2.03. The second-order valence-electron chi connectivity index (χ2n) is 4.40. The monoisotopic (exact) mass is 190 g/mol. The maximum absolute atomic E-state index is 6.11. The molecule has 0 aliphatic heterocycles. The van der Waals surface area contributed by atoms with E-state index < -0.39 is 0 Å². The van der Waals surface area contributed by atoms with Crippen LogP contribution in [0.15, 0.2) is 18.2 Å². The van der Waals surface area contributed by atoms with Crippen LogP contribution in [0, 0.1) is 12.8 Å². The highest BCUT2D eigenvalue weighted by Crippen LogP contribution is 2.36. The zero-order valence-corrected chi connectivity index (χ0v) is 8.66. The third-order valence-electron chi connectivity index (χ3n) is 3.01. The van der Waals surface area contributed by atoms with E-state index in [9.17, 15) is 0 Å². The number of nitrogens with two attached hydrogens (primary N) is 2. The summed E-state index contributed by atoms with van der Waals surface area (Å²) < 4.78 is 0. The Morgan fingerprint density at radius 2 is 2.14 bits per heavy atom. The van der Waals surface area contributed by atoms with Gasteiger partial charge < -0.3 is 11.5 Å². The summed E-state index contributed by atoms with van der Waals surface area (Å²) in [6.07, 6.45) is 3.85. The lowest BCUT2D eigenvalue weighted by Crippen LogP contribution is -2.11. The first-order chi connectivity index (χ1) is 6.66. The van der Waals surface area contributed by atoms with Crippen LogP contribution in [0.1, 0.15) is 36.4 Å². The normalized spacial score (nSPS) is 18.1. The van der Waals surface area contributed by atoms with Gasteiger partial charge in [0.2, 0.25) is 0 Å². The fourth-order valence-electron chi connectivity index (χ4n) is 1.78. The van der Waals surface area contributed by atoms with Gasteiger partial charge in [-0.3, -0.25) is 0 Å². The maximum atomic E-state index is 6.11. The van der Waals surface area contributed by atoms with Crippen LogP contribution in [0.2, 0.25) is 0 Å². The molecule has 1 atom stereocenters. The van der Waals surface area contributed by atoms with Gasteiger partial charge in [0.25, 0.3) is 0 Å². The van der Waals surface area contributed by atoms with Crippen molar-refractivity contribution in [2.24, 2.45) is 11.7 Å². The molecule has 1 aromatic carbocycles. The van der Waals surface area contributed by atoms with Gasteiger partial charge in [0.05, 0.1) is 0 Å². The van der Waals surface area contributed by atoms with Crippen LogP contribution in [0.4, 0.5) is 5.69 Å². The van der Waals surface area contributed by atoms with E-state index in [0.717, 1.165) is 23.6 Å². The molecule has 0 spiro atoms. The largest absolute Gasteiger partial charge is 0.399 e. The SMILES string of the molecule is Cc1cc([C@@H](N)CC2CC2)ccc1N. The van der Waals surface area contributed by atoms with Crippen LogP contribution in [0.5, 0.6) is 0 Å². The van der Waals surface area contributed by atoms with Crippen molar-refractivity contribution in [1.29, 1.82) is 0 Å². The molecule has 1 aliphatic rings. The Kier molecular flexibility index (Phi) is 2.46. The van der Waals surface area contributed by atoms with E-state index in [1.165, 1.54) is 18.4 Å². The van der Waals surface area contributed by atoms with Crippen LogP contribution >= 0.6 is 0 Å². The van der Waals surface area contributed by atoms with Crippen molar-refractivity contribution in [2.75, 3.05) is 5.73 Å². The number of rotatable bonds is 3. The Labute approximate surface area is 85.3 Å². The molecule has 1 saturated carbocycles. The van der Waals surface area contributed by atoms with Crippen molar-refractivity contribution >= 4 is 5.69 Å². The molecule has 0 heterocycles. The van der Waals surface area contributed by atoms with Crippen LogP contribution in [0.25, 0.3) is 0 Å². The van der Waals surface area contributed by atoms with Crippen LogP contribution in [0.3, 0.4) is 0 Å². The Bertz CT molecular complexity index is 329. The highest BCUT2D eigenvalue weighted by atomic mass is 14.6. The standard InChI is InChI=1S/C12H18N2/c1-8-6-10(4-5-11(8)13)12(14)7-9-2-3-9/h4-6,9,12H,2-3,7,13-14H2,1H3/t12-/m0/s1. The molecule has 2 rings (SSSR count). The molecule has 0 radical (unpaired) electrons. The minimum atomic E-state index is 0.196. The van der Waals surface area contributed by atoms with E-state index in [1.807, 2.05) is 13.0 Å². The molecule has 0 saturated heterocycles. The average Bonchev–Trinajstić information content (AvgIpc) is 2.93. The molecule has 14 heavy (non-hydrogen) atoms. The molecule has 76 valence electrons. The summed E-state index contributed by atoms with van der Waals surface area (Å²) in [5, 5.41) is 0. The van der Waals surface area contributed by atoms with Gasteiger partial charge in [0, 0.05) is 11.7 Å². The average molecular weight is 190 g/mol. The number of nitrogen functional groups attached to an aromatic ring is 1. The van der Waals surface area contributed by atoms with Crippen LogP contribution in [-0.2, 0) is 0 Å². The summed E-state index contributed by atoms with van der Waals surface area (Å²) in [5.74, 6) is 0.878. The van der Waals surface area contributed by atoms with E-state index in [4.69, 9.17) is 11.5 Å². The molecular formula is C12H18N2. The quantitative estimate of drug-likeness (QED) is 0.719. The zero-order chi connectivity index (χ0) is 10.1. The van der Waals surface area contributed by atoms with E-state index in [0.29, 0.717) is 0 Å². The fraction of sp³-hybridized carbons (Fsp3) is 0.500. The van der Waals surface area contributed by atoms with Gasteiger partial charge in [-0.15, -0.1) is 0 Å². The lowest BCUT2D eigenvalue weighted by atomic mass is 10.00. The first-order valence-corrected chi connectivity index (χ1v) is 5.28. The Morgan fingerprint density at radius 1 is 1.43 bits per heavy atom. The molecule has 2 heteroatoms. The molecule has 0 unspecified atom stereocenters. The molecule has 2 nitrogen and oxygen atoms in total. The molecule has 1 fully saturated rings. The highest BCUT2D eigenvalue weighted by Gasteiger charge is 2.24. The van der Waals surface area contributed by atoms with Crippen LogP contribution in [-0.4, -0.2) is 0 Å². The van der Waals surface area contributed by atoms with E-state index >= 15 is 0 Å². The Hall–Kier alpha value is -1.02. The second kappa shape index (κ2) is 3.62. The first kappa shape index (κ1) is 9.53. The van der Waals surface area contributed by atoms with Gasteiger partial charge >= 0.3 is 0 Å². The lowest BCUT2D eigenvalue weighted by molar-refractivity contribution is 0.597. The molecule has 0 bridgehead atoms. The van der Waals surface area contributed by atoms with Gasteiger partial charge in [-0.1, -0.05) is 25.0 Å². The summed E-state index contributed by atoms with van der Waals surface area (Å²) in [7, 11) is 0. The van der Waals surface area contributed by atoms with Crippen molar-refractivity contribution in [3.8, 4) is 0 Å². The number of aryl methyl sites for hydroxylation is 1. The summed E-state index contributed by atoms with van der Waals surface area (Å²) in [6, 6.07) is 6.32. The van der Waals surface area contributed by atoms with Gasteiger partial charge in [0.15, 0.2) is 0 Å². The first-order valence-electron chi connectivity index (χ1n) is 5.28. The minimum Gasteiger partial charge on any atom is -0.399 e. The summed E-state index contributed by atoms with van der Waals surface area (Å²) in [4.78, 5) is 0.